The van der Waals surface area contributed by atoms with Crippen LogP contribution in [0.1, 0.15) is 49.0 Å². The van der Waals surface area contributed by atoms with Crippen LogP contribution in [0.3, 0.4) is 0 Å². The van der Waals surface area contributed by atoms with Gasteiger partial charge in [0.25, 0.3) is 5.91 Å². The average Bonchev–Trinajstić information content (AvgIpc) is 2.94. The molecular weight excluding hydrogens is 318 g/mol. The highest BCUT2D eigenvalue weighted by molar-refractivity contribution is 5.93. The Hall–Kier alpha value is -1.66. The number of aromatic nitrogens is 1. The zero-order valence-corrected chi connectivity index (χ0v) is 14.8. The summed E-state index contributed by atoms with van der Waals surface area (Å²) in [5.41, 5.74) is 1.67. The summed E-state index contributed by atoms with van der Waals surface area (Å²) < 4.78 is 11.5. The molecule has 6 nitrogen and oxygen atoms in total. The number of anilines is 1. The Balaban J connectivity index is 1.42. The van der Waals surface area contributed by atoms with E-state index in [1.54, 1.807) is 6.20 Å². The molecule has 0 unspecified atom stereocenters. The molecule has 1 spiro atoms. The molecule has 3 saturated heterocycles. The van der Waals surface area contributed by atoms with Gasteiger partial charge in [-0.15, -0.1) is 0 Å². The second-order valence-electron chi connectivity index (χ2n) is 7.20. The molecule has 0 saturated carbocycles. The van der Waals surface area contributed by atoms with E-state index in [1.165, 1.54) is 25.7 Å². The molecule has 1 aromatic heterocycles. The summed E-state index contributed by atoms with van der Waals surface area (Å²) >= 11 is 0. The highest BCUT2D eigenvalue weighted by Crippen LogP contribution is 2.31. The van der Waals surface area contributed by atoms with Crippen molar-refractivity contribution in [2.45, 2.75) is 44.3 Å². The number of rotatable bonds is 2. The van der Waals surface area contributed by atoms with Crippen LogP contribution in [0.5, 0.6) is 0 Å². The molecule has 25 heavy (non-hydrogen) atoms. The average molecular weight is 345 g/mol. The normalized spacial score (nSPS) is 23.7. The SMILES string of the molecule is O=C(c1cc(N2CCCCCC2)ccn1)N1CCC2(CC1)OCCO2. The minimum absolute atomic E-state index is 0.0181. The van der Waals surface area contributed by atoms with Crippen molar-refractivity contribution in [3.63, 3.8) is 0 Å². The number of hydrogen-bond donors (Lipinski definition) is 0. The number of pyridine rings is 1. The quantitative estimate of drug-likeness (QED) is 0.824. The summed E-state index contributed by atoms with van der Waals surface area (Å²) in [4.78, 5) is 21.5. The monoisotopic (exact) mass is 345 g/mol. The van der Waals surface area contributed by atoms with Crippen LogP contribution in [0.25, 0.3) is 0 Å². The van der Waals surface area contributed by atoms with Crippen molar-refractivity contribution in [3.8, 4) is 0 Å². The van der Waals surface area contributed by atoms with Crippen molar-refractivity contribution in [2.24, 2.45) is 0 Å². The van der Waals surface area contributed by atoms with Crippen LogP contribution in [-0.4, -0.2) is 61.0 Å². The first-order chi connectivity index (χ1) is 12.3. The Labute approximate surface area is 149 Å². The van der Waals surface area contributed by atoms with Crippen LogP contribution in [0.2, 0.25) is 0 Å². The largest absolute Gasteiger partial charge is 0.371 e. The van der Waals surface area contributed by atoms with Gasteiger partial charge in [0.15, 0.2) is 5.79 Å². The van der Waals surface area contributed by atoms with Crippen molar-refractivity contribution in [2.75, 3.05) is 44.3 Å². The van der Waals surface area contributed by atoms with E-state index in [2.05, 4.69) is 9.88 Å². The van der Waals surface area contributed by atoms with Gasteiger partial charge >= 0.3 is 0 Å². The Kier molecular flexibility index (Phi) is 4.90. The summed E-state index contributed by atoms with van der Waals surface area (Å²) in [6.07, 6.45) is 8.29. The van der Waals surface area contributed by atoms with Gasteiger partial charge in [-0.05, 0) is 25.0 Å². The first kappa shape index (κ1) is 16.8. The van der Waals surface area contributed by atoms with Crippen LogP contribution in [0.15, 0.2) is 18.3 Å². The van der Waals surface area contributed by atoms with Gasteiger partial charge < -0.3 is 19.3 Å². The molecule has 136 valence electrons. The lowest BCUT2D eigenvalue weighted by Gasteiger charge is -2.37. The molecule has 1 amide bonds. The molecule has 1 aromatic rings. The fraction of sp³-hybridized carbons (Fsp3) is 0.684. The minimum Gasteiger partial charge on any atom is -0.371 e. The van der Waals surface area contributed by atoms with Crippen LogP contribution < -0.4 is 4.90 Å². The second-order valence-corrected chi connectivity index (χ2v) is 7.20. The van der Waals surface area contributed by atoms with Gasteiger partial charge in [0.05, 0.1) is 13.2 Å². The molecule has 0 aromatic carbocycles. The van der Waals surface area contributed by atoms with Crippen molar-refractivity contribution >= 4 is 11.6 Å². The number of carbonyl (C=O) groups is 1. The van der Waals surface area contributed by atoms with Crippen LogP contribution >= 0.6 is 0 Å². The lowest BCUT2D eigenvalue weighted by molar-refractivity contribution is -0.181. The summed E-state index contributed by atoms with van der Waals surface area (Å²) in [6.45, 7) is 4.78. The van der Waals surface area contributed by atoms with Gasteiger partial charge in [0.1, 0.15) is 5.69 Å². The van der Waals surface area contributed by atoms with Crippen LogP contribution in [0.4, 0.5) is 5.69 Å². The zero-order chi connectivity index (χ0) is 17.1. The van der Waals surface area contributed by atoms with E-state index in [9.17, 15) is 4.79 Å². The van der Waals surface area contributed by atoms with Crippen LogP contribution in [-0.2, 0) is 9.47 Å². The predicted molar refractivity (Wildman–Crippen MR) is 94.7 cm³/mol. The summed E-state index contributed by atoms with van der Waals surface area (Å²) in [7, 11) is 0. The lowest BCUT2D eigenvalue weighted by Crippen LogP contribution is -2.47. The minimum atomic E-state index is -0.446. The molecule has 0 N–H and O–H groups in total. The van der Waals surface area contributed by atoms with Gasteiger partial charge in [0, 0.05) is 50.9 Å². The third-order valence-electron chi connectivity index (χ3n) is 5.56. The van der Waals surface area contributed by atoms with Gasteiger partial charge in [-0.25, -0.2) is 0 Å². The zero-order valence-electron chi connectivity index (χ0n) is 14.8. The lowest BCUT2D eigenvalue weighted by atomic mass is 10.0. The second kappa shape index (κ2) is 7.30. The Morgan fingerprint density at radius 2 is 1.68 bits per heavy atom. The Morgan fingerprint density at radius 3 is 2.36 bits per heavy atom. The number of piperidine rings is 1. The predicted octanol–water partition coefficient (Wildman–Crippen LogP) is 2.44. The summed E-state index contributed by atoms with van der Waals surface area (Å²) in [5, 5.41) is 0. The number of amides is 1. The van der Waals surface area contributed by atoms with Crippen molar-refractivity contribution < 1.29 is 14.3 Å². The van der Waals surface area contributed by atoms with Gasteiger partial charge in [0.2, 0.25) is 0 Å². The standard InChI is InChI=1S/C19H27N3O3/c23-18(22-11-6-19(7-12-22)24-13-14-25-19)17-15-16(5-8-20-17)21-9-3-1-2-4-10-21/h5,8,15H,1-4,6-7,9-14H2. The van der Waals surface area contributed by atoms with E-state index < -0.39 is 5.79 Å². The van der Waals surface area contributed by atoms with Crippen LogP contribution in [0, 0.1) is 0 Å². The molecule has 4 heterocycles. The highest BCUT2D eigenvalue weighted by atomic mass is 16.7. The fourth-order valence-electron chi connectivity index (χ4n) is 4.06. The molecule has 0 aliphatic carbocycles. The molecule has 0 bridgehead atoms. The summed E-state index contributed by atoms with van der Waals surface area (Å²) in [5.74, 6) is -0.428. The number of hydrogen-bond acceptors (Lipinski definition) is 5. The van der Waals surface area contributed by atoms with Crippen molar-refractivity contribution in [1.29, 1.82) is 0 Å². The molecular formula is C19H27N3O3. The molecule has 3 fully saturated rings. The number of likely N-dealkylation sites (tertiary alicyclic amines) is 1. The van der Waals surface area contributed by atoms with Gasteiger partial charge in [-0.3, -0.25) is 9.78 Å². The maximum atomic E-state index is 12.9. The number of ether oxygens (including phenoxy) is 2. The van der Waals surface area contributed by atoms with E-state index in [1.807, 2.05) is 17.0 Å². The van der Waals surface area contributed by atoms with Gasteiger partial charge in [-0.2, -0.15) is 0 Å². The third kappa shape index (κ3) is 3.65. The van der Waals surface area contributed by atoms with E-state index in [0.717, 1.165) is 31.6 Å². The fourth-order valence-corrected chi connectivity index (χ4v) is 4.06. The van der Waals surface area contributed by atoms with Crippen molar-refractivity contribution in [1.82, 2.24) is 9.88 Å². The topological polar surface area (TPSA) is 54.9 Å². The van der Waals surface area contributed by atoms with Crippen molar-refractivity contribution in [3.05, 3.63) is 24.0 Å². The first-order valence-corrected chi connectivity index (χ1v) is 9.54. The molecule has 4 rings (SSSR count). The van der Waals surface area contributed by atoms with E-state index in [0.29, 0.717) is 32.0 Å². The molecule has 6 heteroatoms. The highest BCUT2D eigenvalue weighted by Gasteiger charge is 2.41. The van der Waals surface area contributed by atoms with E-state index in [-0.39, 0.29) is 5.91 Å². The van der Waals surface area contributed by atoms with E-state index in [4.69, 9.17) is 9.47 Å². The maximum Gasteiger partial charge on any atom is 0.272 e. The smallest absolute Gasteiger partial charge is 0.272 e. The molecule has 0 atom stereocenters. The number of nitrogens with zero attached hydrogens (tertiary/aromatic N) is 3. The molecule has 3 aliphatic heterocycles. The molecule has 0 radical (unpaired) electrons. The third-order valence-corrected chi connectivity index (χ3v) is 5.56. The number of carbonyl (C=O) groups excluding carboxylic acids is 1. The van der Waals surface area contributed by atoms with E-state index >= 15 is 0 Å². The Morgan fingerprint density at radius 1 is 1.00 bits per heavy atom. The Bertz CT molecular complexity index is 598. The first-order valence-electron chi connectivity index (χ1n) is 9.54. The van der Waals surface area contributed by atoms with Gasteiger partial charge in [-0.1, -0.05) is 12.8 Å². The maximum absolute atomic E-state index is 12.9. The molecule has 3 aliphatic rings. The summed E-state index contributed by atoms with van der Waals surface area (Å²) in [6, 6.07) is 3.98.